The summed E-state index contributed by atoms with van der Waals surface area (Å²) in [5.74, 6) is 6.09. The Kier molecular flexibility index (Phi) is 6.46. The number of nitrogens with zero attached hydrogens (tertiary/aromatic N) is 2. The van der Waals surface area contributed by atoms with E-state index in [-0.39, 0.29) is 12.1 Å². The normalized spacial score (nSPS) is 14.9. The van der Waals surface area contributed by atoms with Crippen LogP contribution in [0.25, 0.3) is 0 Å². The molecule has 1 aromatic rings. The van der Waals surface area contributed by atoms with Crippen molar-refractivity contribution < 1.29 is 4.74 Å². The van der Waals surface area contributed by atoms with Gasteiger partial charge in [-0.15, -0.1) is 0 Å². The molecule has 2 unspecified atom stereocenters. The van der Waals surface area contributed by atoms with Gasteiger partial charge in [0.1, 0.15) is 0 Å². The Morgan fingerprint density at radius 3 is 2.47 bits per heavy atom. The van der Waals surface area contributed by atoms with Crippen LogP contribution in [-0.4, -0.2) is 29.0 Å². The molecule has 0 radical (unpaired) electrons. The SMILES string of the molecule is CCc1nn(C)c(CC(NN)C(OC)C(C)C)c1Br. The van der Waals surface area contributed by atoms with Gasteiger partial charge in [-0.2, -0.15) is 5.10 Å². The number of hydrazine groups is 1. The van der Waals surface area contributed by atoms with E-state index >= 15 is 0 Å². The zero-order valence-electron chi connectivity index (χ0n) is 12.4. The molecule has 1 aromatic heterocycles. The number of methoxy groups -OCH3 is 1. The van der Waals surface area contributed by atoms with E-state index in [1.54, 1.807) is 7.11 Å². The zero-order valence-corrected chi connectivity index (χ0v) is 14.0. The third kappa shape index (κ3) is 3.78. The molecule has 0 aliphatic heterocycles. The summed E-state index contributed by atoms with van der Waals surface area (Å²) in [6, 6.07) is 0.0569. The van der Waals surface area contributed by atoms with Crippen LogP contribution in [0.2, 0.25) is 0 Å². The van der Waals surface area contributed by atoms with Crippen molar-refractivity contribution in [2.24, 2.45) is 18.8 Å². The lowest BCUT2D eigenvalue weighted by molar-refractivity contribution is 0.0327. The Bertz CT molecular complexity index is 406. The second-order valence-electron chi connectivity index (χ2n) is 5.11. The van der Waals surface area contributed by atoms with Gasteiger partial charge in [0.2, 0.25) is 0 Å². The Morgan fingerprint density at radius 1 is 1.47 bits per heavy atom. The highest BCUT2D eigenvalue weighted by Crippen LogP contribution is 2.24. The predicted molar refractivity (Wildman–Crippen MR) is 80.7 cm³/mol. The summed E-state index contributed by atoms with van der Waals surface area (Å²) < 4.78 is 8.56. The summed E-state index contributed by atoms with van der Waals surface area (Å²) in [7, 11) is 3.69. The van der Waals surface area contributed by atoms with Gasteiger partial charge < -0.3 is 4.74 Å². The summed E-state index contributed by atoms with van der Waals surface area (Å²) in [4.78, 5) is 0. The first-order valence-electron chi connectivity index (χ1n) is 6.65. The van der Waals surface area contributed by atoms with Crippen molar-refractivity contribution in [1.29, 1.82) is 0 Å². The number of aromatic nitrogens is 2. The number of ether oxygens (including phenoxy) is 1. The van der Waals surface area contributed by atoms with Gasteiger partial charge in [-0.1, -0.05) is 20.8 Å². The maximum absolute atomic E-state index is 5.70. The molecule has 0 saturated carbocycles. The van der Waals surface area contributed by atoms with Gasteiger partial charge >= 0.3 is 0 Å². The smallest absolute Gasteiger partial charge is 0.0766 e. The summed E-state index contributed by atoms with van der Waals surface area (Å²) in [6.45, 7) is 6.37. The second kappa shape index (κ2) is 7.38. The van der Waals surface area contributed by atoms with E-state index in [0.29, 0.717) is 5.92 Å². The molecule has 1 rings (SSSR count). The highest BCUT2D eigenvalue weighted by atomic mass is 79.9. The molecule has 0 bridgehead atoms. The molecule has 0 saturated heterocycles. The minimum absolute atomic E-state index is 0.0569. The molecule has 0 spiro atoms. The fraction of sp³-hybridized carbons (Fsp3) is 0.769. The van der Waals surface area contributed by atoms with Crippen molar-refractivity contribution in [2.75, 3.05) is 7.11 Å². The molecule has 2 atom stereocenters. The molecule has 0 aliphatic rings. The maximum Gasteiger partial charge on any atom is 0.0766 e. The minimum Gasteiger partial charge on any atom is -0.380 e. The zero-order chi connectivity index (χ0) is 14.6. The van der Waals surface area contributed by atoms with Crippen LogP contribution in [0.4, 0.5) is 0 Å². The first kappa shape index (κ1) is 16.6. The molecule has 5 nitrogen and oxygen atoms in total. The number of nitrogens with two attached hydrogens (primary N) is 1. The summed E-state index contributed by atoms with van der Waals surface area (Å²) in [5.41, 5.74) is 5.09. The first-order chi connectivity index (χ1) is 8.96. The Labute approximate surface area is 124 Å². The van der Waals surface area contributed by atoms with Crippen LogP contribution < -0.4 is 11.3 Å². The van der Waals surface area contributed by atoms with Crippen molar-refractivity contribution in [3.63, 3.8) is 0 Å². The van der Waals surface area contributed by atoms with Gasteiger partial charge in [0.25, 0.3) is 0 Å². The lowest BCUT2D eigenvalue weighted by Gasteiger charge is -2.28. The quantitative estimate of drug-likeness (QED) is 0.590. The average Bonchev–Trinajstić information content (AvgIpc) is 2.64. The van der Waals surface area contributed by atoms with Crippen molar-refractivity contribution in [2.45, 2.75) is 45.8 Å². The topological polar surface area (TPSA) is 65.1 Å². The van der Waals surface area contributed by atoms with E-state index in [9.17, 15) is 0 Å². The molecule has 6 heteroatoms. The molecule has 1 heterocycles. The van der Waals surface area contributed by atoms with E-state index in [0.717, 1.165) is 28.7 Å². The highest BCUT2D eigenvalue weighted by Gasteiger charge is 2.26. The van der Waals surface area contributed by atoms with Crippen LogP contribution in [0.3, 0.4) is 0 Å². The molecular formula is C13H25BrN4O. The summed E-state index contributed by atoms with van der Waals surface area (Å²) >= 11 is 3.64. The van der Waals surface area contributed by atoms with E-state index in [1.807, 2.05) is 11.7 Å². The highest BCUT2D eigenvalue weighted by molar-refractivity contribution is 9.10. The minimum atomic E-state index is 0.0569. The van der Waals surface area contributed by atoms with E-state index < -0.39 is 0 Å². The maximum atomic E-state index is 5.70. The van der Waals surface area contributed by atoms with Crippen molar-refractivity contribution in [1.82, 2.24) is 15.2 Å². The third-order valence-corrected chi connectivity index (χ3v) is 4.37. The standard InChI is InChI=1S/C13H25BrN4O/c1-6-9-12(14)11(18(4)17-9)7-10(16-15)13(19-5)8(2)3/h8,10,13,16H,6-7,15H2,1-5H3. The van der Waals surface area contributed by atoms with Crippen LogP contribution in [0.15, 0.2) is 4.47 Å². The van der Waals surface area contributed by atoms with Crippen LogP contribution in [0, 0.1) is 5.92 Å². The van der Waals surface area contributed by atoms with E-state index in [1.165, 1.54) is 0 Å². The Morgan fingerprint density at radius 2 is 2.11 bits per heavy atom. The molecule has 0 amide bonds. The van der Waals surface area contributed by atoms with E-state index in [2.05, 4.69) is 47.2 Å². The predicted octanol–water partition coefficient (Wildman–Crippen LogP) is 1.79. The van der Waals surface area contributed by atoms with Crippen LogP contribution in [-0.2, 0) is 24.6 Å². The van der Waals surface area contributed by atoms with Crippen LogP contribution in [0.5, 0.6) is 0 Å². The molecule has 19 heavy (non-hydrogen) atoms. The summed E-state index contributed by atoms with van der Waals surface area (Å²) in [6.07, 6.45) is 1.75. The number of nitrogens with one attached hydrogen (secondary N) is 1. The van der Waals surface area contributed by atoms with Crippen molar-refractivity contribution in [3.05, 3.63) is 15.9 Å². The number of halogens is 1. The van der Waals surface area contributed by atoms with Gasteiger partial charge in [-0.3, -0.25) is 16.0 Å². The largest absolute Gasteiger partial charge is 0.380 e. The van der Waals surface area contributed by atoms with Gasteiger partial charge in [0.15, 0.2) is 0 Å². The third-order valence-electron chi connectivity index (χ3n) is 3.46. The first-order valence-corrected chi connectivity index (χ1v) is 7.44. The monoisotopic (exact) mass is 332 g/mol. The lowest BCUT2D eigenvalue weighted by atomic mass is 9.96. The molecule has 3 N–H and O–H groups in total. The Balaban J connectivity index is 2.95. The van der Waals surface area contributed by atoms with Gasteiger partial charge in [0.05, 0.1) is 28.0 Å². The summed E-state index contributed by atoms with van der Waals surface area (Å²) in [5, 5.41) is 4.51. The second-order valence-corrected chi connectivity index (χ2v) is 5.90. The molecule has 0 aliphatic carbocycles. The van der Waals surface area contributed by atoms with Crippen molar-refractivity contribution in [3.8, 4) is 0 Å². The fourth-order valence-electron chi connectivity index (χ4n) is 2.42. The van der Waals surface area contributed by atoms with E-state index in [4.69, 9.17) is 10.6 Å². The van der Waals surface area contributed by atoms with Gasteiger partial charge in [0, 0.05) is 20.6 Å². The number of hydrogen-bond acceptors (Lipinski definition) is 4. The number of rotatable bonds is 7. The lowest BCUT2D eigenvalue weighted by Crippen LogP contribution is -2.48. The fourth-order valence-corrected chi connectivity index (χ4v) is 3.20. The van der Waals surface area contributed by atoms with Crippen molar-refractivity contribution >= 4 is 15.9 Å². The Hall–Kier alpha value is -0.430. The molecule has 110 valence electrons. The molecular weight excluding hydrogens is 308 g/mol. The molecule has 0 aromatic carbocycles. The average molecular weight is 333 g/mol. The van der Waals surface area contributed by atoms with Gasteiger partial charge in [-0.25, -0.2) is 0 Å². The van der Waals surface area contributed by atoms with Crippen LogP contribution >= 0.6 is 15.9 Å². The van der Waals surface area contributed by atoms with Crippen LogP contribution in [0.1, 0.15) is 32.2 Å². The molecule has 0 fully saturated rings. The van der Waals surface area contributed by atoms with Gasteiger partial charge in [-0.05, 0) is 28.3 Å². The number of hydrogen-bond donors (Lipinski definition) is 2. The number of aryl methyl sites for hydroxylation is 2.